The first-order valence-corrected chi connectivity index (χ1v) is 38.6. The summed E-state index contributed by atoms with van der Waals surface area (Å²) in [7, 11) is 0. The van der Waals surface area contributed by atoms with Crippen molar-refractivity contribution in [2.45, 2.75) is 222 Å². The van der Waals surface area contributed by atoms with Crippen LogP contribution >= 0.6 is 47.0 Å². The standard InChI is InChI=1S/C62H98N14O16S4/c77-35(9-1-3-11-45-51-37(31-93-45)65-59(89)69-51)17-19-41(55(81)82)73-21-22-74(42(56(83)84)20-18-36(78)10-2-4-12-46-52-38(32-94-46)66-60(90)70-52)24-26-76(44(58(87)88)30-64-50(80)16-8-6-14-48-54-40(34-96-48)68-62(92)72-54)28-27-75(25-23-73)43(57(85)86)29-63-49(79)15-7-5-13-47-53-39(33-95-47)67-61(91)71-53/h37-48,51-54H,1-34H2,(H,63,79)(H,64,80)(H,81,82)(H,83,84)(H,85,86)(H,87,88)(H2,65,69,89)(H2,66,70,90)(H2,67,71,91)(H2,68,72,92). The molecule has 0 aliphatic carbocycles. The zero-order valence-electron chi connectivity index (χ0n) is 54.4. The lowest BCUT2D eigenvalue weighted by atomic mass is 10.00. The molecule has 0 bridgehead atoms. The van der Waals surface area contributed by atoms with Gasteiger partial charge in [0.1, 0.15) is 35.7 Å². The van der Waals surface area contributed by atoms with E-state index in [2.05, 4.69) is 53.2 Å². The Balaban J connectivity index is 0.883. The third kappa shape index (κ3) is 21.3. The topological polar surface area (TPSA) is 419 Å². The van der Waals surface area contributed by atoms with E-state index in [1.165, 1.54) is 0 Å². The molecule has 9 fully saturated rings. The highest BCUT2D eigenvalue weighted by Crippen LogP contribution is 2.37. The molecule has 536 valence electrons. The predicted molar refractivity (Wildman–Crippen MR) is 362 cm³/mol. The number of urea groups is 4. The number of nitrogens with one attached hydrogen (secondary N) is 10. The van der Waals surface area contributed by atoms with Crippen molar-refractivity contribution in [3.63, 3.8) is 0 Å². The molecule has 0 spiro atoms. The van der Waals surface area contributed by atoms with Gasteiger partial charge >= 0.3 is 48.0 Å². The number of carboxylic acids is 4. The quantitative estimate of drug-likeness (QED) is 0.0301. The van der Waals surface area contributed by atoms with Gasteiger partial charge in [-0.25, -0.2) is 19.2 Å². The molecular weight excluding hydrogens is 1330 g/mol. The van der Waals surface area contributed by atoms with Gasteiger partial charge in [0.05, 0.1) is 48.3 Å². The summed E-state index contributed by atoms with van der Waals surface area (Å²) in [5.74, 6) is -3.09. The summed E-state index contributed by atoms with van der Waals surface area (Å²) in [4.78, 5) is 162. The van der Waals surface area contributed by atoms with E-state index in [1.807, 2.05) is 0 Å². The molecule has 0 aromatic rings. The van der Waals surface area contributed by atoms with Gasteiger partial charge < -0.3 is 73.6 Å². The van der Waals surface area contributed by atoms with E-state index in [1.54, 1.807) is 66.6 Å². The van der Waals surface area contributed by atoms with E-state index >= 15 is 0 Å². The monoisotopic (exact) mass is 1420 g/mol. The summed E-state index contributed by atoms with van der Waals surface area (Å²) in [6, 6.07) is -5.94. The molecule has 0 aromatic heterocycles. The Morgan fingerprint density at radius 2 is 0.604 bits per heavy atom. The molecule has 16 atom stereocenters. The number of hydrogen-bond acceptors (Lipinski definition) is 20. The maximum absolute atomic E-state index is 13.6. The molecule has 14 N–H and O–H groups in total. The smallest absolute Gasteiger partial charge is 0.322 e. The minimum Gasteiger partial charge on any atom is -0.480 e. The van der Waals surface area contributed by atoms with Gasteiger partial charge in [0, 0.05) is 148 Å². The maximum Gasteiger partial charge on any atom is 0.322 e. The van der Waals surface area contributed by atoms with Crippen molar-refractivity contribution in [2.24, 2.45) is 0 Å². The number of rotatable bonds is 38. The molecule has 9 rings (SSSR count). The van der Waals surface area contributed by atoms with Gasteiger partial charge in [-0.05, 0) is 64.2 Å². The van der Waals surface area contributed by atoms with Crippen molar-refractivity contribution in [3.05, 3.63) is 0 Å². The summed E-state index contributed by atoms with van der Waals surface area (Å²) in [5.41, 5.74) is 0. The van der Waals surface area contributed by atoms with E-state index in [9.17, 15) is 78.0 Å². The van der Waals surface area contributed by atoms with Crippen molar-refractivity contribution < 1.29 is 78.0 Å². The molecule has 9 aliphatic heterocycles. The predicted octanol–water partition coefficient (Wildman–Crippen LogP) is 0.855. The van der Waals surface area contributed by atoms with Crippen LogP contribution in [0.25, 0.3) is 0 Å². The van der Waals surface area contributed by atoms with Crippen LogP contribution in [-0.2, 0) is 38.4 Å². The number of ketones is 2. The summed E-state index contributed by atoms with van der Waals surface area (Å²) in [6.07, 6.45) is 8.10. The van der Waals surface area contributed by atoms with E-state index in [-0.39, 0.29) is 222 Å². The lowest BCUT2D eigenvalue weighted by Gasteiger charge is -2.40. The van der Waals surface area contributed by atoms with Gasteiger partial charge in [-0.3, -0.25) is 58.0 Å². The second-order valence-corrected chi connectivity index (χ2v) is 31.9. The van der Waals surface area contributed by atoms with E-state index in [0.29, 0.717) is 51.4 Å². The molecule has 0 radical (unpaired) electrons. The number of nitrogens with zero attached hydrogens (tertiary/aromatic N) is 4. The van der Waals surface area contributed by atoms with Gasteiger partial charge in [-0.1, -0.05) is 25.7 Å². The van der Waals surface area contributed by atoms with Crippen molar-refractivity contribution in [3.8, 4) is 0 Å². The van der Waals surface area contributed by atoms with Crippen LogP contribution in [0.2, 0.25) is 0 Å². The largest absolute Gasteiger partial charge is 0.480 e. The van der Waals surface area contributed by atoms with Crippen LogP contribution in [0.4, 0.5) is 19.2 Å². The molecule has 0 aromatic carbocycles. The third-order valence-electron chi connectivity index (χ3n) is 20.4. The first-order valence-electron chi connectivity index (χ1n) is 34.4. The molecule has 9 saturated heterocycles. The van der Waals surface area contributed by atoms with Crippen LogP contribution in [0.5, 0.6) is 0 Å². The molecular formula is C62H98N14O16S4. The van der Waals surface area contributed by atoms with Crippen molar-refractivity contribution in [1.82, 2.24) is 72.8 Å². The van der Waals surface area contributed by atoms with Gasteiger partial charge in [-0.2, -0.15) is 47.0 Å². The number of amides is 10. The number of thioether (sulfide) groups is 4. The molecule has 96 heavy (non-hydrogen) atoms. The van der Waals surface area contributed by atoms with Crippen molar-refractivity contribution >= 4 is 118 Å². The summed E-state index contributed by atoms with van der Waals surface area (Å²) < 4.78 is 0. The Morgan fingerprint density at radius 3 is 0.865 bits per heavy atom. The first kappa shape index (κ1) is 74.7. The molecule has 10 amide bonds. The SMILES string of the molecule is O=C(CCCCC1SCC2NC(=O)NC21)CCC(C(=O)O)N1CCN(C(CCC(=O)CCCCC2SCC3NC(=O)NC32)C(=O)O)CCN(C(CNC(=O)CCCCC2SCC3NC(=O)NC32)C(=O)O)CCN(C(CNC(=O)CCCCC2SCC3NC(=O)NC32)C(=O)O)CC1. The normalized spacial score (nSPS) is 29.6. The number of unbranched alkanes of at least 4 members (excludes halogenated alkanes) is 4. The number of carboxylic acid groups (broad SMARTS) is 4. The number of Topliss-reactive ketones (excluding diaryl/α,β-unsaturated/α-hetero) is 2. The summed E-state index contributed by atoms with van der Waals surface area (Å²) >= 11 is 7.06. The summed E-state index contributed by atoms with van der Waals surface area (Å²) in [6.45, 7) is -1.76. The zero-order chi connectivity index (χ0) is 68.4. The Morgan fingerprint density at radius 1 is 0.354 bits per heavy atom. The van der Waals surface area contributed by atoms with Crippen LogP contribution in [0, 0.1) is 0 Å². The summed E-state index contributed by atoms with van der Waals surface area (Å²) in [5, 5.41) is 74.0. The molecule has 30 nitrogen and oxygen atoms in total. The third-order valence-corrected chi connectivity index (χ3v) is 26.4. The molecule has 34 heteroatoms. The van der Waals surface area contributed by atoms with E-state index < -0.39 is 59.9 Å². The minimum absolute atomic E-state index is 0.000241. The van der Waals surface area contributed by atoms with Gasteiger partial charge in [0.25, 0.3) is 0 Å². The average Bonchev–Trinajstić information content (AvgIpc) is 1.69. The Bertz CT molecular complexity index is 2410. The number of carbonyl (C=O) groups is 12. The fourth-order valence-electron chi connectivity index (χ4n) is 15.0. The van der Waals surface area contributed by atoms with Crippen LogP contribution < -0.4 is 53.2 Å². The number of hydrogen-bond donors (Lipinski definition) is 14. The van der Waals surface area contributed by atoms with Gasteiger partial charge in [-0.15, -0.1) is 0 Å². The van der Waals surface area contributed by atoms with Crippen LogP contribution in [0.3, 0.4) is 0 Å². The van der Waals surface area contributed by atoms with Crippen molar-refractivity contribution in [1.29, 1.82) is 0 Å². The number of fused-ring (bicyclic) bond motifs is 4. The molecule has 16 unspecified atom stereocenters. The lowest BCUT2D eigenvalue weighted by Crippen LogP contribution is -2.58. The van der Waals surface area contributed by atoms with E-state index in [0.717, 1.165) is 48.7 Å². The average molecular weight is 1420 g/mol. The first-order chi connectivity index (χ1) is 46.2. The fraction of sp³-hybridized carbons (Fsp3) is 0.806. The highest BCUT2D eigenvalue weighted by molar-refractivity contribution is 8.01. The number of aliphatic carboxylic acids is 4. The number of carbonyl (C=O) groups excluding carboxylic acids is 8. The lowest BCUT2D eigenvalue weighted by molar-refractivity contribution is -0.148. The van der Waals surface area contributed by atoms with Gasteiger partial charge in [0.2, 0.25) is 11.8 Å². The van der Waals surface area contributed by atoms with Crippen LogP contribution in [0.1, 0.15) is 128 Å². The molecule has 9 heterocycles. The second kappa shape index (κ2) is 36.5. The Kier molecular flexibility index (Phi) is 28.4. The second-order valence-electron chi connectivity index (χ2n) is 26.8. The molecule has 0 saturated carbocycles. The van der Waals surface area contributed by atoms with E-state index in [4.69, 9.17) is 0 Å². The Labute approximate surface area is 576 Å². The highest BCUT2D eigenvalue weighted by atomic mass is 32.2. The zero-order valence-corrected chi connectivity index (χ0v) is 57.7. The van der Waals surface area contributed by atoms with Crippen molar-refractivity contribution in [2.75, 3.05) is 88.5 Å². The maximum atomic E-state index is 13.6. The van der Waals surface area contributed by atoms with Crippen LogP contribution in [-0.4, -0.2) is 293 Å². The highest BCUT2D eigenvalue weighted by Gasteiger charge is 2.46. The van der Waals surface area contributed by atoms with Crippen LogP contribution in [0.15, 0.2) is 0 Å². The Hall–Kier alpha value is -5.52. The minimum atomic E-state index is -1.41. The van der Waals surface area contributed by atoms with Gasteiger partial charge in [0.15, 0.2) is 0 Å². The molecule has 9 aliphatic rings. The fourth-order valence-corrected chi connectivity index (χ4v) is 21.2.